The summed E-state index contributed by atoms with van der Waals surface area (Å²) in [5, 5.41) is 14.9. The molecule has 0 aromatic carbocycles. The van der Waals surface area contributed by atoms with Crippen molar-refractivity contribution >= 4 is 40.5 Å². The van der Waals surface area contributed by atoms with Gasteiger partial charge in [0.15, 0.2) is 6.34 Å². The molecule has 1 atom stereocenters. The van der Waals surface area contributed by atoms with E-state index in [1.807, 2.05) is 0 Å². The van der Waals surface area contributed by atoms with Crippen molar-refractivity contribution < 1.29 is 9.90 Å². The second-order valence-electron chi connectivity index (χ2n) is 3.18. The molecule has 1 aliphatic heterocycles. The standard InChI is InChI=1S/C9H7BrN4O2/c1-6-7(10)2-3-8(13-6)14(9(15)16)5-11-4-12-14/h2-5H,1H3. The van der Waals surface area contributed by atoms with Gasteiger partial charge in [-0.15, -0.1) is 0 Å². The van der Waals surface area contributed by atoms with E-state index >= 15 is 0 Å². The Kier molecular flexibility index (Phi) is 2.56. The number of aliphatic imine (C=N–C) groups is 1. The number of amides is 1. The molecule has 0 radical (unpaired) electrons. The predicted molar refractivity (Wildman–Crippen MR) is 60.8 cm³/mol. The zero-order chi connectivity index (χ0) is 11.8. The number of carbonyl (C=O) groups is 1. The van der Waals surface area contributed by atoms with E-state index in [-0.39, 0.29) is 5.82 Å². The third-order valence-electron chi connectivity index (χ3n) is 2.17. The normalized spacial score (nSPS) is 22.6. The van der Waals surface area contributed by atoms with Crippen molar-refractivity contribution in [1.82, 2.24) is 9.58 Å². The number of pyridine rings is 1. The molecule has 82 valence electrons. The van der Waals surface area contributed by atoms with Crippen LogP contribution in [0.4, 0.5) is 10.6 Å². The van der Waals surface area contributed by atoms with Crippen LogP contribution in [-0.2, 0) is 0 Å². The zero-order valence-electron chi connectivity index (χ0n) is 8.29. The van der Waals surface area contributed by atoms with Crippen LogP contribution in [0.2, 0.25) is 0 Å². The van der Waals surface area contributed by atoms with Gasteiger partial charge in [0.25, 0.3) is 11.9 Å². The highest BCUT2D eigenvalue weighted by Crippen LogP contribution is 2.25. The molecular formula is C9H7BrN4O2. The molecule has 1 aromatic rings. The van der Waals surface area contributed by atoms with Gasteiger partial charge in [-0.25, -0.2) is 0 Å². The van der Waals surface area contributed by atoms with Crippen LogP contribution in [0, 0.1) is 6.92 Å². The van der Waals surface area contributed by atoms with Crippen LogP contribution in [0.1, 0.15) is 5.69 Å². The van der Waals surface area contributed by atoms with Gasteiger partial charge in [-0.1, -0.05) is 9.69 Å². The Morgan fingerprint density at radius 3 is 2.75 bits per heavy atom. The van der Waals surface area contributed by atoms with E-state index in [1.54, 1.807) is 19.1 Å². The lowest BCUT2D eigenvalue weighted by atomic mass is 10.3. The fraction of sp³-hybridized carbons (Fsp3) is 0.111. The van der Waals surface area contributed by atoms with Crippen LogP contribution in [0.25, 0.3) is 0 Å². The Balaban J connectivity index is 2.57. The smallest absolute Gasteiger partial charge is 0.298 e. The molecule has 0 fully saturated rings. The monoisotopic (exact) mass is 282 g/mol. The number of hydrogen-bond acceptors (Lipinski definition) is 5. The third-order valence-corrected chi connectivity index (χ3v) is 3.01. The van der Waals surface area contributed by atoms with E-state index in [0.717, 1.165) is 17.1 Å². The number of carbonyl (C=O) groups excluding carboxylic acids is 1. The summed E-state index contributed by atoms with van der Waals surface area (Å²) in [4.78, 5) is 18.9. The van der Waals surface area contributed by atoms with Gasteiger partial charge in [0.1, 0.15) is 0 Å². The molecule has 1 amide bonds. The van der Waals surface area contributed by atoms with Crippen LogP contribution in [0.3, 0.4) is 0 Å². The first-order valence-electron chi connectivity index (χ1n) is 4.39. The summed E-state index contributed by atoms with van der Waals surface area (Å²) >= 11 is 3.29. The molecule has 1 aliphatic rings. The van der Waals surface area contributed by atoms with Crippen LogP contribution in [0.15, 0.2) is 26.7 Å². The van der Waals surface area contributed by atoms with Gasteiger partial charge >= 0.3 is 0 Å². The molecule has 1 aromatic heterocycles. The maximum atomic E-state index is 11.1. The van der Waals surface area contributed by atoms with Crippen molar-refractivity contribution in [3.63, 3.8) is 0 Å². The molecule has 2 rings (SSSR count). The minimum absolute atomic E-state index is 0.234. The Labute approximate surface area is 99.7 Å². The molecule has 6 nitrogen and oxygen atoms in total. The Hall–Kier alpha value is -1.60. The second kappa shape index (κ2) is 3.76. The third kappa shape index (κ3) is 1.54. The number of aromatic nitrogens is 1. The average Bonchev–Trinajstić information content (AvgIpc) is 2.72. The lowest BCUT2D eigenvalue weighted by molar-refractivity contribution is -0.259. The van der Waals surface area contributed by atoms with Crippen LogP contribution >= 0.6 is 15.9 Å². The van der Waals surface area contributed by atoms with E-state index in [2.05, 4.69) is 31.0 Å². The summed E-state index contributed by atoms with van der Waals surface area (Å²) in [6.45, 7) is 1.76. The number of carboxylic acid groups (broad SMARTS) is 1. The SMILES string of the molecule is Cc1nc([N+]2(C(=O)[O-])C=NC=N2)ccc1Br. The largest absolute Gasteiger partial charge is 0.496 e. The number of hydrogen-bond donors (Lipinski definition) is 0. The highest BCUT2D eigenvalue weighted by molar-refractivity contribution is 9.10. The lowest BCUT2D eigenvalue weighted by Gasteiger charge is -2.21. The number of nitrogens with zero attached hydrogens (tertiary/aromatic N) is 4. The number of quaternary nitrogens is 1. The number of aryl methyl sites for hydroxylation is 1. The van der Waals surface area contributed by atoms with E-state index in [0.29, 0.717) is 5.69 Å². The predicted octanol–water partition coefficient (Wildman–Crippen LogP) is 0.788. The van der Waals surface area contributed by atoms with Gasteiger partial charge in [0, 0.05) is 10.5 Å². The van der Waals surface area contributed by atoms with E-state index in [1.165, 1.54) is 0 Å². The highest BCUT2D eigenvalue weighted by Gasteiger charge is 2.37. The van der Waals surface area contributed by atoms with E-state index in [4.69, 9.17) is 0 Å². The Bertz CT molecular complexity index is 500. The summed E-state index contributed by atoms with van der Waals surface area (Å²) in [5.74, 6) is 0.234. The molecular weight excluding hydrogens is 276 g/mol. The lowest BCUT2D eigenvalue weighted by Crippen LogP contribution is -2.54. The summed E-state index contributed by atoms with van der Waals surface area (Å²) < 4.78 is -0.0541. The topological polar surface area (TPSA) is 77.7 Å². The minimum Gasteiger partial charge on any atom is -0.496 e. The van der Waals surface area contributed by atoms with Crippen molar-refractivity contribution in [2.24, 2.45) is 10.1 Å². The van der Waals surface area contributed by atoms with Gasteiger partial charge < -0.3 is 9.90 Å². The van der Waals surface area contributed by atoms with Crippen LogP contribution in [-0.4, -0.2) is 23.8 Å². The quantitative estimate of drug-likeness (QED) is 0.715. The van der Waals surface area contributed by atoms with Crippen molar-refractivity contribution in [3.05, 3.63) is 22.3 Å². The fourth-order valence-corrected chi connectivity index (χ4v) is 1.51. The molecule has 0 saturated carbocycles. The average molecular weight is 283 g/mol. The Morgan fingerprint density at radius 2 is 2.25 bits per heavy atom. The van der Waals surface area contributed by atoms with Crippen molar-refractivity contribution in [1.29, 1.82) is 0 Å². The van der Waals surface area contributed by atoms with Crippen molar-refractivity contribution in [3.8, 4) is 0 Å². The number of halogens is 1. The van der Waals surface area contributed by atoms with Gasteiger partial charge in [0.2, 0.25) is 6.34 Å². The molecule has 0 bridgehead atoms. The van der Waals surface area contributed by atoms with Crippen LogP contribution in [0.5, 0.6) is 0 Å². The second-order valence-corrected chi connectivity index (χ2v) is 4.04. The molecule has 2 heterocycles. The highest BCUT2D eigenvalue weighted by atomic mass is 79.9. The zero-order valence-corrected chi connectivity index (χ0v) is 9.88. The maximum absolute atomic E-state index is 11.1. The fourth-order valence-electron chi connectivity index (χ4n) is 1.29. The summed E-state index contributed by atoms with van der Waals surface area (Å²) in [7, 11) is 0. The molecule has 0 aliphatic carbocycles. The summed E-state index contributed by atoms with van der Waals surface area (Å²) in [5.41, 5.74) is 0.673. The van der Waals surface area contributed by atoms with Crippen molar-refractivity contribution in [2.75, 3.05) is 0 Å². The summed E-state index contributed by atoms with van der Waals surface area (Å²) in [6.07, 6.45) is 0.923. The van der Waals surface area contributed by atoms with Gasteiger partial charge in [0.05, 0.1) is 5.69 Å². The van der Waals surface area contributed by atoms with E-state index < -0.39 is 10.7 Å². The van der Waals surface area contributed by atoms with Gasteiger partial charge in [-0.05, 0) is 28.9 Å². The minimum atomic E-state index is -1.40. The number of rotatable bonds is 1. The molecule has 7 heteroatoms. The van der Waals surface area contributed by atoms with Crippen LogP contribution < -0.4 is 9.70 Å². The maximum Gasteiger partial charge on any atom is 0.298 e. The first kappa shape index (κ1) is 10.9. The molecule has 16 heavy (non-hydrogen) atoms. The molecule has 0 N–H and O–H groups in total. The van der Waals surface area contributed by atoms with Crippen molar-refractivity contribution in [2.45, 2.75) is 6.92 Å². The summed E-state index contributed by atoms with van der Waals surface area (Å²) in [6, 6.07) is 3.27. The molecule has 0 saturated heterocycles. The van der Waals surface area contributed by atoms with E-state index in [9.17, 15) is 9.90 Å². The van der Waals surface area contributed by atoms with Gasteiger partial charge in [-0.3, -0.25) is 0 Å². The first-order chi connectivity index (χ1) is 7.56. The first-order valence-corrected chi connectivity index (χ1v) is 5.18. The molecule has 1 unspecified atom stereocenters. The van der Waals surface area contributed by atoms with Gasteiger partial charge in [-0.2, -0.15) is 9.98 Å². The molecule has 0 spiro atoms. The Morgan fingerprint density at radius 1 is 1.50 bits per heavy atom.